The Morgan fingerprint density at radius 1 is 0.492 bits per heavy atom. The summed E-state index contributed by atoms with van der Waals surface area (Å²) in [5.74, 6) is 0. The maximum atomic E-state index is 7.05. The first-order chi connectivity index (χ1) is 31.4. The number of anilines is 3. The molecule has 310 valence electrons. The molecule has 0 amide bonds. The third-order valence-corrected chi connectivity index (χ3v) is 15.1. The minimum atomic E-state index is -0.125. The molecule has 14 rings (SSSR count). The quantitative estimate of drug-likeness (QED) is 0.121. The van der Waals surface area contributed by atoms with Crippen LogP contribution >= 0.6 is 0 Å². The molecule has 0 aliphatic carbocycles. The van der Waals surface area contributed by atoms with Gasteiger partial charge < -0.3 is 13.8 Å². The molecular formula is C61H47BN2O. The molecule has 2 aliphatic heterocycles. The van der Waals surface area contributed by atoms with Crippen LogP contribution in [0, 0.1) is 6.92 Å². The summed E-state index contributed by atoms with van der Waals surface area (Å²) in [6.45, 7) is 16.3. The molecule has 4 heteroatoms. The van der Waals surface area contributed by atoms with Crippen molar-refractivity contribution in [3.63, 3.8) is 0 Å². The number of fused-ring (bicyclic) bond motifs is 16. The number of aromatic nitrogens is 1. The third kappa shape index (κ3) is 4.97. The van der Waals surface area contributed by atoms with Gasteiger partial charge in [-0.05, 0) is 149 Å². The van der Waals surface area contributed by atoms with E-state index in [4.69, 9.17) is 4.42 Å². The molecule has 2 aliphatic rings. The van der Waals surface area contributed by atoms with E-state index in [1.807, 2.05) is 0 Å². The van der Waals surface area contributed by atoms with Gasteiger partial charge >= 0.3 is 6.85 Å². The van der Waals surface area contributed by atoms with E-state index in [1.54, 1.807) is 0 Å². The topological polar surface area (TPSA) is 21.3 Å². The minimum Gasteiger partial charge on any atom is -0.456 e. The summed E-state index contributed by atoms with van der Waals surface area (Å²) in [7, 11) is 0. The van der Waals surface area contributed by atoms with Gasteiger partial charge in [0.1, 0.15) is 11.2 Å². The van der Waals surface area contributed by atoms with Crippen LogP contribution in [0.15, 0.2) is 162 Å². The second-order valence-electron chi connectivity index (χ2n) is 21.0. The molecule has 4 heterocycles. The zero-order valence-electron chi connectivity index (χ0n) is 37.9. The van der Waals surface area contributed by atoms with Crippen LogP contribution in [-0.4, -0.2) is 11.3 Å². The Kier molecular flexibility index (Phi) is 7.13. The standard InChI is InChI=1S/C61H47BN2O/c1-34-46-26-37-18-10-8-17-36(37)25-40(46)29-49-58(34)63(43-31-41(60(2,3)4)30-42(32-43)61(5,6)7)51-33-53-55(45-21-13-15-23-52(45)65-53)56-48-28-39-24-35-16-9-11-19-38(35)27-47(39)54-44-20-12-14-22-50(44)64(59(48)54)62(49)57(51)56/h8-33H,1-7H3. The van der Waals surface area contributed by atoms with Gasteiger partial charge in [0, 0.05) is 61.3 Å². The molecule has 3 nitrogen and oxygen atoms in total. The number of aryl methyl sites for hydroxylation is 1. The van der Waals surface area contributed by atoms with Gasteiger partial charge in [-0.2, -0.15) is 0 Å². The van der Waals surface area contributed by atoms with E-state index in [1.165, 1.54) is 126 Å². The van der Waals surface area contributed by atoms with Gasteiger partial charge in [0.05, 0.1) is 0 Å². The lowest BCUT2D eigenvalue weighted by molar-refractivity contribution is 0.569. The van der Waals surface area contributed by atoms with Crippen molar-refractivity contribution in [2.45, 2.75) is 59.3 Å². The summed E-state index contributed by atoms with van der Waals surface area (Å²) in [4.78, 5) is 2.63. The lowest BCUT2D eigenvalue weighted by Crippen LogP contribution is -2.57. The van der Waals surface area contributed by atoms with Gasteiger partial charge in [-0.25, -0.2) is 0 Å². The Bertz CT molecular complexity index is 4080. The van der Waals surface area contributed by atoms with Crippen LogP contribution in [0.5, 0.6) is 0 Å². The van der Waals surface area contributed by atoms with E-state index in [9.17, 15) is 0 Å². The summed E-state index contributed by atoms with van der Waals surface area (Å²) >= 11 is 0. The highest BCUT2D eigenvalue weighted by molar-refractivity contribution is 6.90. The summed E-state index contributed by atoms with van der Waals surface area (Å²) in [6.07, 6.45) is 0. The number of hydrogen-bond acceptors (Lipinski definition) is 2. The second-order valence-corrected chi connectivity index (χ2v) is 21.0. The summed E-state index contributed by atoms with van der Waals surface area (Å²) in [5.41, 5.74) is 16.9. The van der Waals surface area contributed by atoms with Crippen molar-refractivity contribution in [1.29, 1.82) is 0 Å². The highest BCUT2D eigenvalue weighted by Gasteiger charge is 2.45. The Morgan fingerprint density at radius 3 is 1.75 bits per heavy atom. The van der Waals surface area contributed by atoms with Crippen LogP contribution in [0.2, 0.25) is 0 Å². The number of para-hydroxylation sites is 2. The summed E-state index contributed by atoms with van der Waals surface area (Å²) in [5, 5.41) is 15.0. The predicted octanol–water partition coefficient (Wildman–Crippen LogP) is 15.6. The van der Waals surface area contributed by atoms with Crippen molar-refractivity contribution in [1.82, 2.24) is 4.48 Å². The minimum absolute atomic E-state index is 0.0730. The first-order valence-electron chi connectivity index (χ1n) is 23.2. The molecule has 65 heavy (non-hydrogen) atoms. The maximum Gasteiger partial charge on any atom is 0.333 e. The predicted molar refractivity (Wildman–Crippen MR) is 279 cm³/mol. The molecule has 10 aromatic carbocycles. The van der Waals surface area contributed by atoms with E-state index in [0.29, 0.717) is 0 Å². The van der Waals surface area contributed by atoms with Crippen LogP contribution in [0.4, 0.5) is 17.1 Å². The van der Waals surface area contributed by atoms with E-state index < -0.39 is 0 Å². The van der Waals surface area contributed by atoms with Gasteiger partial charge in [0.2, 0.25) is 0 Å². The van der Waals surface area contributed by atoms with Crippen LogP contribution in [0.1, 0.15) is 58.2 Å². The molecule has 0 spiro atoms. The molecule has 0 N–H and O–H groups in total. The van der Waals surface area contributed by atoms with Crippen LogP contribution < -0.4 is 15.8 Å². The average Bonchev–Trinajstić information content (AvgIpc) is 3.85. The number of benzene rings is 10. The fraction of sp³-hybridized carbons (Fsp3) is 0.148. The molecule has 0 radical (unpaired) electrons. The van der Waals surface area contributed by atoms with Crippen molar-refractivity contribution in [3.8, 4) is 11.1 Å². The van der Waals surface area contributed by atoms with Crippen molar-refractivity contribution >= 4 is 122 Å². The fourth-order valence-corrected chi connectivity index (χ4v) is 11.9. The maximum absolute atomic E-state index is 7.05. The molecule has 0 atom stereocenters. The SMILES string of the molecule is Cc1c2c(cc3cc4ccccc4cc13)B1c3c(cc4oc5ccccc5c4c3-c3cc4cc5ccccc5cc4c4c5ccccc5n1c34)N2c1cc(C(C)(C)C)cc(C(C)(C)C)c1. The zero-order valence-corrected chi connectivity index (χ0v) is 37.9. The van der Waals surface area contributed by atoms with Crippen molar-refractivity contribution < 1.29 is 4.42 Å². The van der Waals surface area contributed by atoms with E-state index in [0.717, 1.165) is 16.6 Å². The second kappa shape index (κ2) is 12.5. The van der Waals surface area contributed by atoms with Crippen molar-refractivity contribution in [3.05, 3.63) is 174 Å². The molecule has 0 saturated heterocycles. The number of nitrogens with zero attached hydrogens (tertiary/aromatic N) is 2. The zero-order chi connectivity index (χ0) is 43.8. The Balaban J connectivity index is 1.24. The fourth-order valence-electron chi connectivity index (χ4n) is 11.9. The van der Waals surface area contributed by atoms with Gasteiger partial charge in [-0.1, -0.05) is 139 Å². The average molecular weight is 835 g/mol. The number of furan rings is 1. The number of hydrogen-bond donors (Lipinski definition) is 0. The van der Waals surface area contributed by atoms with Crippen LogP contribution in [0.25, 0.3) is 98.0 Å². The van der Waals surface area contributed by atoms with Gasteiger partial charge in [-0.15, -0.1) is 0 Å². The molecule has 0 bridgehead atoms. The molecule has 0 unspecified atom stereocenters. The number of rotatable bonds is 1. The third-order valence-electron chi connectivity index (χ3n) is 15.1. The molecule has 0 fully saturated rings. The van der Waals surface area contributed by atoms with E-state index in [2.05, 4.69) is 216 Å². The molecular weight excluding hydrogens is 787 g/mol. The smallest absolute Gasteiger partial charge is 0.333 e. The van der Waals surface area contributed by atoms with Crippen molar-refractivity contribution in [2.24, 2.45) is 0 Å². The molecule has 0 saturated carbocycles. The van der Waals surface area contributed by atoms with E-state index in [-0.39, 0.29) is 17.7 Å². The van der Waals surface area contributed by atoms with E-state index >= 15 is 0 Å². The van der Waals surface area contributed by atoms with Crippen LogP contribution in [-0.2, 0) is 10.8 Å². The Morgan fingerprint density at radius 2 is 1.08 bits per heavy atom. The highest BCUT2D eigenvalue weighted by atomic mass is 16.3. The van der Waals surface area contributed by atoms with Crippen molar-refractivity contribution in [2.75, 3.05) is 4.90 Å². The van der Waals surface area contributed by atoms with Gasteiger partial charge in [0.15, 0.2) is 0 Å². The van der Waals surface area contributed by atoms with Gasteiger partial charge in [-0.3, -0.25) is 0 Å². The van der Waals surface area contributed by atoms with Gasteiger partial charge in [0.25, 0.3) is 0 Å². The largest absolute Gasteiger partial charge is 0.456 e. The lowest BCUT2D eigenvalue weighted by Gasteiger charge is -2.42. The monoisotopic (exact) mass is 834 g/mol. The first-order valence-corrected chi connectivity index (χ1v) is 23.2. The summed E-state index contributed by atoms with van der Waals surface area (Å²) in [6, 6.07) is 60.0. The lowest BCUT2D eigenvalue weighted by atomic mass is 9.44. The molecule has 2 aromatic heterocycles. The summed E-state index contributed by atoms with van der Waals surface area (Å²) < 4.78 is 9.78. The highest BCUT2D eigenvalue weighted by Crippen LogP contribution is 2.53. The normalized spacial score (nSPS) is 13.7. The molecule has 12 aromatic rings. The first kappa shape index (κ1) is 37.1. The van der Waals surface area contributed by atoms with Crippen LogP contribution in [0.3, 0.4) is 0 Å². The Hall–Kier alpha value is -7.30. The Labute approximate surface area is 378 Å².